The lowest BCUT2D eigenvalue weighted by Crippen LogP contribution is -2.29. The van der Waals surface area contributed by atoms with Crippen LogP contribution >= 0.6 is 7.82 Å². The monoisotopic (exact) mass is 824 g/mol. The first-order valence-corrected chi connectivity index (χ1v) is 24.4. The van der Waals surface area contributed by atoms with Crippen LogP contribution in [-0.4, -0.2) is 68.3 Å². The van der Waals surface area contributed by atoms with E-state index in [1.165, 1.54) is 116 Å². The maximum atomic E-state index is 12.7. The number of unbranched alkanes of at least 4 members (excludes halogenated alkanes) is 20. The molecule has 0 aromatic carbocycles. The van der Waals surface area contributed by atoms with Crippen LogP contribution < -0.4 is 0 Å². The molecule has 2 unspecified atom stereocenters. The molecule has 0 saturated carbocycles. The molecule has 0 bridgehead atoms. The first-order chi connectivity index (χ1) is 27.7. The van der Waals surface area contributed by atoms with Crippen LogP contribution in [-0.2, 0) is 32.7 Å². The maximum absolute atomic E-state index is 12.7. The molecule has 0 heterocycles. The predicted molar refractivity (Wildman–Crippen MR) is 238 cm³/mol. The van der Waals surface area contributed by atoms with E-state index in [1.54, 1.807) is 0 Å². The van der Waals surface area contributed by atoms with Crippen molar-refractivity contribution in [3.8, 4) is 0 Å². The van der Waals surface area contributed by atoms with E-state index in [0.29, 0.717) is 19.4 Å². The number of rotatable bonds is 42. The topological polar surface area (TPSA) is 112 Å². The van der Waals surface area contributed by atoms with Gasteiger partial charge in [0.1, 0.15) is 6.61 Å². The average molecular weight is 824 g/mol. The summed E-state index contributed by atoms with van der Waals surface area (Å²) in [6.45, 7) is 4.25. The number of carbonyl (C=O) groups is 2. The van der Waals surface area contributed by atoms with Gasteiger partial charge in [0.15, 0.2) is 6.10 Å². The highest BCUT2D eigenvalue weighted by atomic mass is 31.2. The van der Waals surface area contributed by atoms with Gasteiger partial charge in [-0.1, -0.05) is 178 Å². The van der Waals surface area contributed by atoms with Crippen LogP contribution in [0.1, 0.15) is 194 Å². The van der Waals surface area contributed by atoms with Gasteiger partial charge in [-0.15, -0.1) is 0 Å². The summed E-state index contributed by atoms with van der Waals surface area (Å²) in [5.74, 6) is -0.864. The molecule has 0 fully saturated rings. The summed E-state index contributed by atoms with van der Waals surface area (Å²) >= 11 is 0. The number of allylic oxidation sites excluding steroid dienone is 8. The Balaban J connectivity index is 4.34. The van der Waals surface area contributed by atoms with Gasteiger partial charge in [0.25, 0.3) is 0 Å². The van der Waals surface area contributed by atoms with Crippen LogP contribution in [0.15, 0.2) is 48.6 Å². The molecule has 0 radical (unpaired) electrons. The summed E-state index contributed by atoms with van der Waals surface area (Å²) in [4.78, 5) is 37.0. The molecule has 9 nitrogen and oxygen atoms in total. The molecule has 0 aliphatic heterocycles. The van der Waals surface area contributed by atoms with E-state index in [4.69, 9.17) is 18.5 Å². The summed E-state index contributed by atoms with van der Waals surface area (Å²) in [6.07, 6.45) is 47.3. The lowest BCUT2D eigenvalue weighted by atomic mass is 10.0. The first kappa shape index (κ1) is 55.0. The molecule has 0 amide bonds. The Morgan fingerprint density at radius 3 is 1.46 bits per heavy atom. The van der Waals surface area contributed by atoms with Gasteiger partial charge in [-0.05, 0) is 65.5 Å². The third-order valence-corrected chi connectivity index (χ3v) is 10.6. The van der Waals surface area contributed by atoms with Crippen molar-refractivity contribution < 1.29 is 37.6 Å². The standard InChI is InChI=1S/C47H86NO8P/c1-5-7-9-11-13-15-17-19-21-23-25-27-29-31-33-35-37-39-46(49)53-43-45(44-55-57(51,52)54-42-41-48(3)4)56-47(50)40-38-36-34-32-30-28-26-24-22-20-18-16-14-12-10-8-6-2/h13,15,19,21,25,27,31,33,45H,5-12,14,16-18,20,22-24,26,28-30,32,34-44H2,1-4H3,(H,51,52)/b15-13-,21-19-,27-25-,33-31-. The highest BCUT2D eigenvalue weighted by molar-refractivity contribution is 7.47. The molecule has 0 aromatic rings. The lowest BCUT2D eigenvalue weighted by Gasteiger charge is -2.20. The summed E-state index contributed by atoms with van der Waals surface area (Å²) < 4.78 is 33.5. The van der Waals surface area contributed by atoms with E-state index in [2.05, 4.69) is 62.5 Å². The zero-order valence-electron chi connectivity index (χ0n) is 37.0. The van der Waals surface area contributed by atoms with Gasteiger partial charge >= 0.3 is 19.8 Å². The molecule has 2 atom stereocenters. The van der Waals surface area contributed by atoms with Gasteiger partial charge < -0.3 is 19.3 Å². The van der Waals surface area contributed by atoms with Gasteiger partial charge in [0.2, 0.25) is 0 Å². The molecule has 57 heavy (non-hydrogen) atoms. The number of esters is 2. The Hall–Kier alpha value is -2.03. The first-order valence-electron chi connectivity index (χ1n) is 22.9. The molecule has 1 N–H and O–H groups in total. The van der Waals surface area contributed by atoms with Crippen molar-refractivity contribution in [1.82, 2.24) is 4.90 Å². The van der Waals surface area contributed by atoms with Gasteiger partial charge in [-0.3, -0.25) is 18.6 Å². The molecular weight excluding hydrogens is 737 g/mol. The van der Waals surface area contributed by atoms with Gasteiger partial charge in [-0.2, -0.15) is 0 Å². The summed E-state index contributed by atoms with van der Waals surface area (Å²) in [5, 5.41) is 0. The summed E-state index contributed by atoms with van der Waals surface area (Å²) in [6, 6.07) is 0. The minimum Gasteiger partial charge on any atom is -0.462 e. The summed E-state index contributed by atoms with van der Waals surface area (Å²) in [5.41, 5.74) is 0. The van der Waals surface area contributed by atoms with Crippen LogP contribution in [0.4, 0.5) is 0 Å². The molecule has 0 rings (SSSR count). The predicted octanol–water partition coefficient (Wildman–Crippen LogP) is 13.3. The molecule has 0 aromatic heterocycles. The maximum Gasteiger partial charge on any atom is 0.472 e. The van der Waals surface area contributed by atoms with Gasteiger partial charge in [0, 0.05) is 19.4 Å². The van der Waals surface area contributed by atoms with Crippen LogP contribution in [0.5, 0.6) is 0 Å². The molecule has 0 aliphatic rings. The van der Waals surface area contributed by atoms with Crippen molar-refractivity contribution in [3.05, 3.63) is 48.6 Å². The van der Waals surface area contributed by atoms with E-state index in [0.717, 1.165) is 38.5 Å². The second kappa shape index (κ2) is 42.1. The quantitative estimate of drug-likeness (QED) is 0.0278. The minimum absolute atomic E-state index is 0.00102. The number of phosphoric acid groups is 1. The molecule has 0 saturated heterocycles. The number of hydrogen-bond acceptors (Lipinski definition) is 8. The molecule has 332 valence electrons. The Bertz CT molecular complexity index is 1090. The number of ether oxygens (including phenoxy) is 2. The fourth-order valence-corrected chi connectivity index (χ4v) is 6.83. The highest BCUT2D eigenvalue weighted by Gasteiger charge is 2.26. The fourth-order valence-electron chi connectivity index (χ4n) is 6.09. The van der Waals surface area contributed by atoms with Crippen molar-refractivity contribution in [2.45, 2.75) is 200 Å². The Morgan fingerprint density at radius 1 is 0.544 bits per heavy atom. The molecule has 0 aliphatic carbocycles. The molecule has 10 heteroatoms. The Labute approximate surface area is 350 Å². The number of nitrogens with zero attached hydrogens (tertiary/aromatic N) is 1. The molecule has 0 spiro atoms. The second-order valence-corrected chi connectivity index (χ2v) is 17.0. The van der Waals surface area contributed by atoms with E-state index in [1.807, 2.05) is 19.0 Å². The van der Waals surface area contributed by atoms with Crippen molar-refractivity contribution in [2.24, 2.45) is 0 Å². The van der Waals surface area contributed by atoms with E-state index >= 15 is 0 Å². The fraction of sp³-hybridized carbons (Fsp3) is 0.787. The molecular formula is C47H86NO8P. The largest absolute Gasteiger partial charge is 0.472 e. The highest BCUT2D eigenvalue weighted by Crippen LogP contribution is 2.43. The average Bonchev–Trinajstić information content (AvgIpc) is 3.18. The number of likely N-dealkylation sites (N-methyl/N-ethyl adjacent to an activating group) is 1. The van der Waals surface area contributed by atoms with Gasteiger partial charge in [-0.25, -0.2) is 4.57 Å². The Kier molecular flexibility index (Phi) is 40.6. The van der Waals surface area contributed by atoms with E-state index in [9.17, 15) is 19.0 Å². The van der Waals surface area contributed by atoms with Crippen molar-refractivity contribution in [2.75, 3.05) is 40.5 Å². The SMILES string of the molecule is CCCCC/C=C\C/C=C\C/C=C\C/C=C\CCCC(=O)OCC(COP(=O)(O)OCCN(C)C)OC(=O)CCCCCCCCCCCCCCCCCCC. The van der Waals surface area contributed by atoms with E-state index < -0.39 is 32.5 Å². The number of carbonyl (C=O) groups excluding carboxylic acids is 2. The second-order valence-electron chi connectivity index (χ2n) is 15.6. The lowest BCUT2D eigenvalue weighted by molar-refractivity contribution is -0.161. The van der Waals surface area contributed by atoms with Crippen LogP contribution in [0, 0.1) is 0 Å². The van der Waals surface area contributed by atoms with E-state index in [-0.39, 0.29) is 26.1 Å². The Morgan fingerprint density at radius 2 is 0.965 bits per heavy atom. The zero-order valence-corrected chi connectivity index (χ0v) is 37.9. The third kappa shape index (κ3) is 43.4. The number of phosphoric ester groups is 1. The summed E-state index contributed by atoms with van der Waals surface area (Å²) in [7, 11) is -0.733. The third-order valence-electron chi connectivity index (χ3n) is 9.64. The van der Waals surface area contributed by atoms with Crippen LogP contribution in [0.3, 0.4) is 0 Å². The van der Waals surface area contributed by atoms with Gasteiger partial charge in [0.05, 0.1) is 13.2 Å². The smallest absolute Gasteiger partial charge is 0.462 e. The van der Waals surface area contributed by atoms with Crippen LogP contribution in [0.2, 0.25) is 0 Å². The van der Waals surface area contributed by atoms with Crippen molar-refractivity contribution in [1.29, 1.82) is 0 Å². The normalized spacial score (nSPS) is 13.8. The number of hydrogen-bond donors (Lipinski definition) is 1. The van der Waals surface area contributed by atoms with Crippen LogP contribution in [0.25, 0.3) is 0 Å². The zero-order chi connectivity index (χ0) is 41.9. The van der Waals surface area contributed by atoms with Crippen molar-refractivity contribution >= 4 is 19.8 Å². The minimum atomic E-state index is -4.37. The van der Waals surface area contributed by atoms with Crippen molar-refractivity contribution in [3.63, 3.8) is 0 Å².